The highest BCUT2D eigenvalue weighted by atomic mass is 19.1. The second-order valence-corrected chi connectivity index (χ2v) is 6.21. The minimum absolute atomic E-state index is 0.119. The summed E-state index contributed by atoms with van der Waals surface area (Å²) in [4.78, 5) is 15.4. The van der Waals surface area contributed by atoms with Crippen LogP contribution in [0.5, 0.6) is 0 Å². The molecule has 6 heteroatoms. The van der Waals surface area contributed by atoms with Crippen LogP contribution in [0.15, 0.2) is 23.8 Å². The molecule has 132 valence electrons. The fourth-order valence-corrected chi connectivity index (χ4v) is 2.88. The number of amides is 2. The fourth-order valence-electron chi connectivity index (χ4n) is 2.88. The van der Waals surface area contributed by atoms with Crippen molar-refractivity contribution in [2.45, 2.75) is 26.8 Å². The molecule has 0 atom stereocenters. The van der Waals surface area contributed by atoms with Crippen LogP contribution in [0.2, 0.25) is 0 Å². The van der Waals surface area contributed by atoms with E-state index in [1.54, 1.807) is 18.9 Å². The van der Waals surface area contributed by atoms with E-state index in [1.807, 2.05) is 11.8 Å². The smallest absolute Gasteiger partial charge is 0.317 e. The fraction of sp³-hybridized carbons (Fsp3) is 0.500. The standard InChI is InChI=1S/C18H25F2N3O/c1-4-21-18(24)22(3)10-14-6-5-9-23(11-14)12-15-16(19)8-7-13(2)17(15)20/h6-8H,4-5,9-12H2,1-3H3,(H,21,24). The zero-order valence-corrected chi connectivity index (χ0v) is 14.5. The molecular formula is C18H25F2N3O. The van der Waals surface area contributed by atoms with Crippen LogP contribution in [0.4, 0.5) is 13.6 Å². The molecule has 4 nitrogen and oxygen atoms in total. The third kappa shape index (κ3) is 4.54. The molecule has 1 heterocycles. The van der Waals surface area contributed by atoms with Crippen LogP contribution in [0.25, 0.3) is 0 Å². The Morgan fingerprint density at radius 2 is 2.12 bits per heavy atom. The molecule has 1 aliphatic rings. The van der Waals surface area contributed by atoms with Gasteiger partial charge in [0.1, 0.15) is 11.6 Å². The quantitative estimate of drug-likeness (QED) is 0.838. The molecule has 0 aromatic heterocycles. The van der Waals surface area contributed by atoms with Gasteiger partial charge in [-0.05, 0) is 37.5 Å². The predicted octanol–water partition coefficient (Wildman–Crippen LogP) is 3.07. The van der Waals surface area contributed by atoms with Gasteiger partial charge in [0, 0.05) is 45.3 Å². The molecule has 0 radical (unpaired) electrons. The Morgan fingerprint density at radius 3 is 2.83 bits per heavy atom. The number of carbonyl (C=O) groups excluding carboxylic acids is 1. The van der Waals surface area contributed by atoms with Gasteiger partial charge >= 0.3 is 6.03 Å². The first-order valence-corrected chi connectivity index (χ1v) is 8.25. The number of nitrogens with one attached hydrogen (secondary N) is 1. The van der Waals surface area contributed by atoms with Crippen molar-refractivity contribution in [3.8, 4) is 0 Å². The van der Waals surface area contributed by atoms with Crippen molar-refractivity contribution in [1.29, 1.82) is 0 Å². The lowest BCUT2D eigenvalue weighted by Gasteiger charge is -2.29. The summed E-state index contributed by atoms with van der Waals surface area (Å²) < 4.78 is 28.1. The maximum Gasteiger partial charge on any atom is 0.317 e. The lowest BCUT2D eigenvalue weighted by atomic mass is 10.1. The minimum atomic E-state index is -0.506. The Hall–Kier alpha value is -1.95. The number of likely N-dealkylation sites (N-methyl/N-ethyl adjacent to an activating group) is 1. The maximum absolute atomic E-state index is 14.2. The summed E-state index contributed by atoms with van der Waals surface area (Å²) >= 11 is 0. The first-order valence-electron chi connectivity index (χ1n) is 8.25. The Balaban J connectivity index is 2.00. The molecule has 0 fully saturated rings. The van der Waals surface area contributed by atoms with Crippen LogP contribution in [0, 0.1) is 18.6 Å². The summed E-state index contributed by atoms with van der Waals surface area (Å²) in [5.41, 5.74) is 1.66. The van der Waals surface area contributed by atoms with E-state index in [-0.39, 0.29) is 18.1 Å². The number of urea groups is 1. The van der Waals surface area contributed by atoms with Crippen LogP contribution in [-0.2, 0) is 6.54 Å². The molecule has 0 saturated heterocycles. The van der Waals surface area contributed by atoms with Crippen molar-refractivity contribution in [3.63, 3.8) is 0 Å². The van der Waals surface area contributed by atoms with E-state index in [0.29, 0.717) is 25.2 Å². The molecule has 1 N–H and O–H groups in total. The van der Waals surface area contributed by atoms with Crippen LogP contribution < -0.4 is 5.32 Å². The zero-order valence-electron chi connectivity index (χ0n) is 14.5. The molecule has 0 bridgehead atoms. The Bertz CT molecular complexity index is 631. The molecule has 0 spiro atoms. The van der Waals surface area contributed by atoms with Crippen LogP contribution in [0.3, 0.4) is 0 Å². The van der Waals surface area contributed by atoms with Crippen molar-refractivity contribution in [3.05, 3.63) is 46.5 Å². The average molecular weight is 337 g/mol. The molecule has 1 aliphatic heterocycles. The number of aryl methyl sites for hydroxylation is 1. The summed E-state index contributed by atoms with van der Waals surface area (Å²) in [7, 11) is 1.74. The van der Waals surface area contributed by atoms with Gasteiger partial charge in [-0.25, -0.2) is 13.6 Å². The molecule has 1 aromatic carbocycles. The number of rotatable bonds is 5. The maximum atomic E-state index is 14.2. The molecular weight excluding hydrogens is 312 g/mol. The second-order valence-electron chi connectivity index (χ2n) is 6.21. The van der Waals surface area contributed by atoms with Gasteiger partial charge in [-0.3, -0.25) is 4.90 Å². The van der Waals surface area contributed by atoms with Gasteiger partial charge in [-0.15, -0.1) is 0 Å². The van der Waals surface area contributed by atoms with E-state index in [9.17, 15) is 13.6 Å². The molecule has 24 heavy (non-hydrogen) atoms. The van der Waals surface area contributed by atoms with Crippen molar-refractivity contribution in [2.75, 3.05) is 33.2 Å². The summed E-state index contributed by atoms with van der Waals surface area (Å²) in [6.07, 6.45) is 2.92. The average Bonchev–Trinajstić information content (AvgIpc) is 2.56. The van der Waals surface area contributed by atoms with Gasteiger partial charge < -0.3 is 10.2 Å². The molecule has 0 aliphatic carbocycles. The monoisotopic (exact) mass is 337 g/mol. The topological polar surface area (TPSA) is 35.6 Å². The van der Waals surface area contributed by atoms with Gasteiger partial charge in [0.05, 0.1) is 0 Å². The number of halogens is 2. The Labute approximate surface area is 142 Å². The van der Waals surface area contributed by atoms with Crippen LogP contribution in [0.1, 0.15) is 24.5 Å². The van der Waals surface area contributed by atoms with Gasteiger partial charge in [0.15, 0.2) is 0 Å². The Morgan fingerprint density at radius 1 is 1.38 bits per heavy atom. The van der Waals surface area contributed by atoms with Gasteiger partial charge in [0.25, 0.3) is 0 Å². The minimum Gasteiger partial charge on any atom is -0.338 e. The van der Waals surface area contributed by atoms with Crippen molar-refractivity contribution < 1.29 is 13.6 Å². The van der Waals surface area contributed by atoms with E-state index < -0.39 is 11.6 Å². The van der Waals surface area contributed by atoms with Crippen molar-refractivity contribution in [2.24, 2.45) is 0 Å². The molecule has 0 unspecified atom stereocenters. The number of nitrogens with zero attached hydrogens (tertiary/aromatic N) is 2. The lowest BCUT2D eigenvalue weighted by molar-refractivity contribution is 0.209. The van der Waals surface area contributed by atoms with Crippen molar-refractivity contribution in [1.82, 2.24) is 15.1 Å². The second kappa shape index (κ2) is 8.24. The first-order chi connectivity index (χ1) is 11.4. The third-order valence-electron chi connectivity index (χ3n) is 4.18. The molecule has 2 rings (SSSR count). The number of hydrogen-bond donors (Lipinski definition) is 1. The summed E-state index contributed by atoms with van der Waals surface area (Å²) in [5.74, 6) is -0.973. The highest BCUT2D eigenvalue weighted by Crippen LogP contribution is 2.20. The van der Waals surface area contributed by atoms with Gasteiger partial charge in [0.2, 0.25) is 0 Å². The van der Waals surface area contributed by atoms with E-state index >= 15 is 0 Å². The van der Waals surface area contributed by atoms with Crippen molar-refractivity contribution >= 4 is 6.03 Å². The van der Waals surface area contributed by atoms with E-state index in [4.69, 9.17) is 0 Å². The van der Waals surface area contributed by atoms with E-state index in [2.05, 4.69) is 11.4 Å². The third-order valence-corrected chi connectivity index (χ3v) is 4.18. The van der Waals surface area contributed by atoms with Crippen LogP contribution in [-0.4, -0.2) is 49.1 Å². The first kappa shape index (κ1) is 18.4. The number of benzene rings is 1. The number of carbonyl (C=O) groups is 1. The molecule has 0 saturated carbocycles. The SMILES string of the molecule is CCNC(=O)N(C)CC1=CCCN(Cc2c(F)ccc(C)c2F)C1. The van der Waals surface area contributed by atoms with Gasteiger partial charge in [-0.2, -0.15) is 0 Å². The molecule has 1 aromatic rings. The summed E-state index contributed by atoms with van der Waals surface area (Å²) in [5, 5.41) is 2.75. The highest BCUT2D eigenvalue weighted by Gasteiger charge is 2.19. The normalized spacial score (nSPS) is 15.1. The Kier molecular flexibility index (Phi) is 6.31. The van der Waals surface area contributed by atoms with E-state index in [0.717, 1.165) is 18.5 Å². The lowest BCUT2D eigenvalue weighted by Crippen LogP contribution is -2.40. The zero-order chi connectivity index (χ0) is 17.7. The van der Waals surface area contributed by atoms with Crippen LogP contribution >= 0.6 is 0 Å². The molecule has 2 amide bonds. The predicted molar refractivity (Wildman–Crippen MR) is 90.8 cm³/mol. The highest BCUT2D eigenvalue weighted by molar-refractivity contribution is 5.74. The number of hydrogen-bond acceptors (Lipinski definition) is 2. The van der Waals surface area contributed by atoms with E-state index in [1.165, 1.54) is 12.1 Å². The van der Waals surface area contributed by atoms with Gasteiger partial charge in [-0.1, -0.05) is 12.1 Å². The summed E-state index contributed by atoms with van der Waals surface area (Å²) in [6, 6.07) is 2.65. The largest absolute Gasteiger partial charge is 0.338 e. The summed E-state index contributed by atoms with van der Waals surface area (Å²) in [6.45, 7) is 6.21.